The van der Waals surface area contributed by atoms with Gasteiger partial charge in [-0.05, 0) is 49.7 Å². The smallest absolute Gasteiger partial charge is 0.313 e. The largest absolute Gasteiger partial charge is 0.449 e. The van der Waals surface area contributed by atoms with Crippen LogP contribution in [0.4, 0.5) is 11.4 Å². The molecule has 3 rings (SSSR count). The van der Waals surface area contributed by atoms with E-state index in [1.807, 2.05) is 32.0 Å². The summed E-state index contributed by atoms with van der Waals surface area (Å²) in [4.78, 5) is 23.2. The Bertz CT molecular complexity index is 1070. The molecule has 6 nitrogen and oxygen atoms in total. The first-order valence-electron chi connectivity index (χ1n) is 8.44. The van der Waals surface area contributed by atoms with E-state index in [-0.39, 0.29) is 28.1 Å². The fraction of sp³-hybridized carbons (Fsp3) is 0.0952. The molecule has 0 aliphatic heterocycles. The Morgan fingerprint density at radius 2 is 1.82 bits per heavy atom. The summed E-state index contributed by atoms with van der Waals surface area (Å²) in [6.07, 6.45) is 0. The molecular formula is C21H17ClN2O4. The molecule has 28 heavy (non-hydrogen) atoms. The molecule has 0 spiro atoms. The van der Waals surface area contributed by atoms with Crippen LogP contribution in [0, 0.1) is 24.0 Å². The van der Waals surface area contributed by atoms with Gasteiger partial charge in [0.15, 0.2) is 0 Å². The van der Waals surface area contributed by atoms with E-state index in [4.69, 9.17) is 16.3 Å². The van der Waals surface area contributed by atoms with Crippen molar-refractivity contribution in [3.8, 4) is 11.5 Å². The Hall–Kier alpha value is -3.38. The number of nitrogens with zero attached hydrogens (tertiary/aromatic N) is 1. The SMILES string of the molecule is Cc1ccc(NC(=O)c2cccc(Oc3c(Cl)cccc3[N+](=O)[O-])c2)c(C)c1. The van der Waals surface area contributed by atoms with Crippen LogP contribution in [0.25, 0.3) is 0 Å². The van der Waals surface area contributed by atoms with E-state index >= 15 is 0 Å². The van der Waals surface area contributed by atoms with Crippen LogP contribution in [-0.4, -0.2) is 10.8 Å². The van der Waals surface area contributed by atoms with E-state index in [9.17, 15) is 14.9 Å². The molecule has 0 radical (unpaired) electrons. The van der Waals surface area contributed by atoms with Crippen LogP contribution in [0.3, 0.4) is 0 Å². The summed E-state index contributed by atoms with van der Waals surface area (Å²) in [5.41, 5.74) is 2.87. The highest BCUT2D eigenvalue weighted by Crippen LogP contribution is 2.37. The van der Waals surface area contributed by atoms with Crippen LogP contribution in [0.1, 0.15) is 21.5 Å². The van der Waals surface area contributed by atoms with Crippen LogP contribution in [-0.2, 0) is 0 Å². The molecule has 1 N–H and O–H groups in total. The highest BCUT2D eigenvalue weighted by atomic mass is 35.5. The highest BCUT2D eigenvalue weighted by Gasteiger charge is 2.19. The van der Waals surface area contributed by atoms with Crippen molar-refractivity contribution in [2.75, 3.05) is 5.32 Å². The zero-order chi connectivity index (χ0) is 20.3. The minimum absolute atomic E-state index is 0.0684. The van der Waals surface area contributed by atoms with Crippen molar-refractivity contribution < 1.29 is 14.5 Å². The highest BCUT2D eigenvalue weighted by molar-refractivity contribution is 6.32. The molecule has 0 saturated heterocycles. The topological polar surface area (TPSA) is 81.5 Å². The summed E-state index contributed by atoms with van der Waals surface area (Å²) in [7, 11) is 0. The van der Waals surface area contributed by atoms with Gasteiger partial charge in [0.25, 0.3) is 5.91 Å². The number of rotatable bonds is 5. The van der Waals surface area contributed by atoms with Gasteiger partial charge < -0.3 is 10.1 Å². The Labute approximate surface area is 166 Å². The number of nitro benzene ring substituents is 1. The summed E-state index contributed by atoms with van der Waals surface area (Å²) < 4.78 is 5.63. The number of para-hydroxylation sites is 1. The molecule has 0 aliphatic carbocycles. The van der Waals surface area contributed by atoms with Gasteiger partial charge in [0.2, 0.25) is 5.75 Å². The number of anilines is 1. The number of nitrogens with one attached hydrogen (secondary N) is 1. The third kappa shape index (κ3) is 4.29. The van der Waals surface area contributed by atoms with Gasteiger partial charge in [-0.15, -0.1) is 0 Å². The van der Waals surface area contributed by atoms with Gasteiger partial charge in [-0.2, -0.15) is 0 Å². The minimum Gasteiger partial charge on any atom is -0.449 e. The molecule has 0 aromatic heterocycles. The fourth-order valence-corrected chi connectivity index (χ4v) is 2.92. The third-order valence-corrected chi connectivity index (χ3v) is 4.39. The second-order valence-electron chi connectivity index (χ2n) is 6.25. The van der Waals surface area contributed by atoms with E-state index in [1.165, 1.54) is 24.3 Å². The van der Waals surface area contributed by atoms with E-state index in [2.05, 4.69) is 5.32 Å². The Kier molecular flexibility index (Phi) is 5.61. The molecule has 7 heteroatoms. The average Bonchev–Trinajstić information content (AvgIpc) is 2.65. The summed E-state index contributed by atoms with van der Waals surface area (Å²) in [5.74, 6) is -0.114. The van der Waals surface area contributed by atoms with Crippen LogP contribution < -0.4 is 10.1 Å². The Morgan fingerprint density at radius 3 is 2.54 bits per heavy atom. The summed E-state index contributed by atoms with van der Waals surface area (Å²) in [6.45, 7) is 3.89. The van der Waals surface area contributed by atoms with Crippen molar-refractivity contribution in [1.82, 2.24) is 0 Å². The van der Waals surface area contributed by atoms with Gasteiger partial charge in [0, 0.05) is 17.3 Å². The number of hydrogen-bond donors (Lipinski definition) is 1. The second kappa shape index (κ2) is 8.10. The number of hydrogen-bond acceptors (Lipinski definition) is 4. The fourth-order valence-electron chi connectivity index (χ4n) is 2.71. The molecule has 0 saturated carbocycles. The van der Waals surface area contributed by atoms with Crippen molar-refractivity contribution in [3.05, 3.63) is 92.5 Å². The first-order valence-corrected chi connectivity index (χ1v) is 8.82. The van der Waals surface area contributed by atoms with Crippen LogP contribution in [0.2, 0.25) is 5.02 Å². The molecule has 0 atom stereocenters. The number of carbonyl (C=O) groups excluding carboxylic acids is 1. The van der Waals surface area contributed by atoms with Gasteiger partial charge in [-0.3, -0.25) is 14.9 Å². The molecule has 1 amide bonds. The predicted octanol–water partition coefficient (Wildman–Crippen LogP) is 5.91. The number of ether oxygens (including phenoxy) is 1. The molecule has 0 bridgehead atoms. The van der Waals surface area contributed by atoms with Gasteiger partial charge in [0.1, 0.15) is 5.75 Å². The molecule has 0 fully saturated rings. The lowest BCUT2D eigenvalue weighted by Crippen LogP contribution is -2.12. The van der Waals surface area contributed by atoms with Crippen LogP contribution >= 0.6 is 11.6 Å². The number of benzene rings is 3. The monoisotopic (exact) mass is 396 g/mol. The van der Waals surface area contributed by atoms with E-state index in [1.54, 1.807) is 18.2 Å². The van der Waals surface area contributed by atoms with Crippen molar-refractivity contribution in [2.45, 2.75) is 13.8 Å². The third-order valence-electron chi connectivity index (χ3n) is 4.09. The number of aryl methyl sites for hydroxylation is 2. The van der Waals surface area contributed by atoms with E-state index in [0.29, 0.717) is 11.3 Å². The molecule has 142 valence electrons. The predicted molar refractivity (Wildman–Crippen MR) is 108 cm³/mol. The Morgan fingerprint density at radius 1 is 1.07 bits per heavy atom. The molecule has 0 unspecified atom stereocenters. The van der Waals surface area contributed by atoms with Gasteiger partial charge in [-0.25, -0.2) is 0 Å². The number of carbonyl (C=O) groups is 1. The second-order valence-corrected chi connectivity index (χ2v) is 6.65. The van der Waals surface area contributed by atoms with Gasteiger partial charge >= 0.3 is 5.69 Å². The van der Waals surface area contributed by atoms with Gasteiger partial charge in [0.05, 0.1) is 9.95 Å². The molecule has 0 aliphatic rings. The number of halogens is 1. The number of amides is 1. The quantitative estimate of drug-likeness (QED) is 0.429. The Balaban J connectivity index is 1.85. The van der Waals surface area contributed by atoms with Crippen molar-refractivity contribution in [3.63, 3.8) is 0 Å². The maximum atomic E-state index is 12.6. The zero-order valence-corrected chi connectivity index (χ0v) is 16.0. The van der Waals surface area contributed by atoms with Crippen molar-refractivity contribution in [2.24, 2.45) is 0 Å². The van der Waals surface area contributed by atoms with Crippen LogP contribution in [0.5, 0.6) is 11.5 Å². The van der Waals surface area contributed by atoms with Crippen molar-refractivity contribution in [1.29, 1.82) is 0 Å². The van der Waals surface area contributed by atoms with Crippen LogP contribution in [0.15, 0.2) is 60.7 Å². The minimum atomic E-state index is -0.571. The molecule has 3 aromatic rings. The maximum Gasteiger partial charge on any atom is 0.313 e. The van der Waals surface area contributed by atoms with Gasteiger partial charge in [-0.1, -0.05) is 41.4 Å². The summed E-state index contributed by atoms with van der Waals surface area (Å²) >= 11 is 6.05. The molecule has 3 aromatic carbocycles. The number of nitro groups is 1. The zero-order valence-electron chi connectivity index (χ0n) is 15.2. The standard InChI is InChI=1S/C21H17ClN2O4/c1-13-9-10-18(14(2)11-13)23-21(25)15-5-3-6-16(12-15)28-20-17(22)7-4-8-19(20)24(26)27/h3-12H,1-2H3,(H,23,25). The maximum absolute atomic E-state index is 12.6. The average molecular weight is 397 g/mol. The summed E-state index contributed by atoms with van der Waals surface area (Å²) in [5, 5.41) is 14.2. The lowest BCUT2D eigenvalue weighted by molar-refractivity contribution is -0.385. The van der Waals surface area contributed by atoms with E-state index < -0.39 is 4.92 Å². The van der Waals surface area contributed by atoms with E-state index in [0.717, 1.165) is 11.1 Å². The normalized spacial score (nSPS) is 10.4. The first kappa shape index (κ1) is 19.4. The lowest BCUT2D eigenvalue weighted by Gasteiger charge is -2.11. The first-order chi connectivity index (χ1) is 13.3. The molecular weight excluding hydrogens is 380 g/mol. The lowest BCUT2D eigenvalue weighted by atomic mass is 10.1. The van der Waals surface area contributed by atoms with Crippen molar-refractivity contribution >= 4 is 28.9 Å². The molecule has 0 heterocycles. The summed E-state index contributed by atoms with van der Waals surface area (Å²) in [6, 6.07) is 16.4.